The first-order chi connectivity index (χ1) is 15.5. The van der Waals surface area contributed by atoms with E-state index in [9.17, 15) is 19.5 Å². The van der Waals surface area contributed by atoms with E-state index in [2.05, 4.69) is 10.3 Å². The largest absolute Gasteiger partial charge is 0.449 e. The number of piperazine rings is 1. The molecule has 1 unspecified atom stereocenters. The van der Waals surface area contributed by atoms with Crippen molar-refractivity contribution in [3.63, 3.8) is 0 Å². The van der Waals surface area contributed by atoms with Crippen LogP contribution in [0.1, 0.15) is 30.3 Å². The number of rotatable bonds is 8. The fraction of sp³-hybridized carbons (Fsp3) is 0.455. The Balaban J connectivity index is 1.52. The number of aromatic nitrogens is 1. The van der Waals surface area contributed by atoms with E-state index >= 15 is 0 Å². The molecule has 2 aromatic rings. The molecule has 1 atom stereocenters. The van der Waals surface area contributed by atoms with Crippen molar-refractivity contribution < 1.29 is 24.2 Å². The highest BCUT2D eigenvalue weighted by Crippen LogP contribution is 2.23. The number of amides is 3. The van der Waals surface area contributed by atoms with Gasteiger partial charge in [-0.2, -0.15) is 0 Å². The number of benzene rings is 1. The van der Waals surface area contributed by atoms with Crippen molar-refractivity contribution >= 4 is 29.2 Å². The lowest BCUT2D eigenvalue weighted by Gasteiger charge is -2.35. The van der Waals surface area contributed by atoms with E-state index in [4.69, 9.17) is 4.74 Å². The van der Waals surface area contributed by atoms with Crippen molar-refractivity contribution in [2.24, 2.45) is 0 Å². The summed E-state index contributed by atoms with van der Waals surface area (Å²) in [6, 6.07) is 8.41. The fourth-order valence-corrected chi connectivity index (χ4v) is 4.04. The van der Waals surface area contributed by atoms with Crippen molar-refractivity contribution in [2.75, 3.05) is 39.4 Å². The third-order valence-corrected chi connectivity index (χ3v) is 6.01. The van der Waals surface area contributed by atoms with Crippen molar-refractivity contribution in [2.45, 2.75) is 25.8 Å². The zero-order valence-electron chi connectivity index (χ0n) is 18.0. The molecular weight excluding hydrogens is 432 g/mol. The molecule has 3 amide bonds. The number of nitrogens with one attached hydrogen (secondary N) is 1. The van der Waals surface area contributed by atoms with E-state index in [0.29, 0.717) is 37.8 Å². The molecular formula is C22H28N4O5S. The number of aliphatic hydroxyl groups is 1. The van der Waals surface area contributed by atoms with Crippen LogP contribution in [0, 0.1) is 0 Å². The summed E-state index contributed by atoms with van der Waals surface area (Å²) in [6.45, 7) is 3.18. The van der Waals surface area contributed by atoms with Gasteiger partial charge >= 0.3 is 6.09 Å². The van der Waals surface area contributed by atoms with Gasteiger partial charge in [-0.3, -0.25) is 9.59 Å². The molecule has 1 aliphatic heterocycles. The van der Waals surface area contributed by atoms with Crippen LogP contribution in [0.25, 0.3) is 10.6 Å². The highest BCUT2D eigenvalue weighted by molar-refractivity contribution is 7.13. The number of aliphatic hydroxyl groups excluding tert-OH is 1. The number of hydrogen-bond donors (Lipinski definition) is 2. The summed E-state index contributed by atoms with van der Waals surface area (Å²) in [4.78, 5) is 44.9. The van der Waals surface area contributed by atoms with E-state index in [-0.39, 0.29) is 11.8 Å². The molecule has 32 heavy (non-hydrogen) atoms. The Bertz CT molecular complexity index is 912. The molecule has 0 saturated carbocycles. The summed E-state index contributed by atoms with van der Waals surface area (Å²) in [6.07, 6.45) is 1.38. The molecule has 1 aromatic heterocycles. The number of nitrogens with zero attached hydrogens (tertiary/aromatic N) is 3. The molecule has 1 aromatic carbocycles. The van der Waals surface area contributed by atoms with Crippen LogP contribution in [0.2, 0.25) is 0 Å². The van der Waals surface area contributed by atoms with Crippen LogP contribution in [-0.4, -0.2) is 83.2 Å². The molecule has 1 fully saturated rings. The van der Waals surface area contributed by atoms with Crippen molar-refractivity contribution in [3.8, 4) is 10.6 Å². The lowest BCUT2D eigenvalue weighted by molar-refractivity contribution is -0.135. The molecule has 1 saturated heterocycles. The Hall–Kier alpha value is -2.98. The minimum Gasteiger partial charge on any atom is -0.449 e. The van der Waals surface area contributed by atoms with Crippen LogP contribution in [-0.2, 0) is 9.53 Å². The Kier molecular flexibility index (Phi) is 8.57. The van der Waals surface area contributed by atoms with Gasteiger partial charge in [-0.05, 0) is 6.42 Å². The van der Waals surface area contributed by atoms with Gasteiger partial charge in [0, 0.05) is 37.1 Å². The van der Waals surface area contributed by atoms with Gasteiger partial charge in [-0.15, -0.1) is 11.3 Å². The van der Waals surface area contributed by atoms with Crippen LogP contribution >= 0.6 is 11.3 Å². The number of thiazole rings is 1. The summed E-state index contributed by atoms with van der Waals surface area (Å²) < 4.78 is 5.20. The van der Waals surface area contributed by atoms with Gasteiger partial charge < -0.3 is 25.0 Å². The highest BCUT2D eigenvalue weighted by Gasteiger charge is 2.30. The first-order valence-electron chi connectivity index (χ1n) is 10.7. The first kappa shape index (κ1) is 23.7. The average Bonchev–Trinajstić information content (AvgIpc) is 3.33. The van der Waals surface area contributed by atoms with E-state index in [1.54, 1.807) is 10.3 Å². The predicted octanol–water partition coefficient (Wildman–Crippen LogP) is 1.98. The maximum absolute atomic E-state index is 12.8. The molecule has 172 valence electrons. The van der Waals surface area contributed by atoms with Gasteiger partial charge in [-0.1, -0.05) is 43.7 Å². The molecule has 0 bridgehead atoms. The Labute approximate surface area is 191 Å². The third kappa shape index (κ3) is 6.04. The Morgan fingerprint density at radius 2 is 1.84 bits per heavy atom. The standard InChI is InChI=1S/C22H28N4O5S/c1-2-3-13-31-22(30)26-11-9-25(10-12-26)21(29)17(14-27)23-19(28)18-15-32-20(24-18)16-7-5-4-6-8-16/h4-8,15,17,27H,2-3,9-14H2,1H3,(H,23,28). The van der Waals surface area contributed by atoms with Gasteiger partial charge in [-0.25, -0.2) is 9.78 Å². The second-order valence-electron chi connectivity index (χ2n) is 7.39. The quantitative estimate of drug-likeness (QED) is 0.583. The molecule has 9 nitrogen and oxygen atoms in total. The summed E-state index contributed by atoms with van der Waals surface area (Å²) in [5.74, 6) is -0.910. The number of carbonyl (C=O) groups is 3. The van der Waals surface area contributed by atoms with Crippen LogP contribution < -0.4 is 5.32 Å². The van der Waals surface area contributed by atoms with Gasteiger partial charge in [0.2, 0.25) is 5.91 Å². The molecule has 2 heterocycles. The lowest BCUT2D eigenvalue weighted by Crippen LogP contribution is -2.56. The SMILES string of the molecule is CCCCOC(=O)N1CCN(C(=O)C(CO)NC(=O)c2csc(-c3ccccc3)n2)CC1. The van der Waals surface area contributed by atoms with E-state index < -0.39 is 24.5 Å². The third-order valence-electron chi connectivity index (χ3n) is 5.12. The predicted molar refractivity (Wildman–Crippen MR) is 120 cm³/mol. The first-order valence-corrected chi connectivity index (χ1v) is 11.5. The zero-order chi connectivity index (χ0) is 22.9. The zero-order valence-corrected chi connectivity index (χ0v) is 18.8. The molecule has 0 aliphatic carbocycles. The van der Waals surface area contributed by atoms with E-state index in [1.807, 2.05) is 37.3 Å². The van der Waals surface area contributed by atoms with Crippen molar-refractivity contribution in [1.29, 1.82) is 0 Å². The van der Waals surface area contributed by atoms with Crippen molar-refractivity contribution in [3.05, 3.63) is 41.4 Å². The Morgan fingerprint density at radius 1 is 1.16 bits per heavy atom. The fourth-order valence-electron chi connectivity index (χ4n) is 3.23. The topological polar surface area (TPSA) is 112 Å². The minimum atomic E-state index is -1.08. The molecule has 0 spiro atoms. The van der Waals surface area contributed by atoms with Gasteiger partial charge in [0.05, 0.1) is 13.2 Å². The van der Waals surface area contributed by atoms with Gasteiger partial charge in [0.25, 0.3) is 5.91 Å². The van der Waals surface area contributed by atoms with Crippen LogP contribution in [0.15, 0.2) is 35.7 Å². The summed E-state index contributed by atoms with van der Waals surface area (Å²) in [5.41, 5.74) is 1.09. The molecule has 2 N–H and O–H groups in total. The average molecular weight is 461 g/mol. The second-order valence-corrected chi connectivity index (χ2v) is 8.25. The molecule has 0 radical (unpaired) electrons. The monoisotopic (exact) mass is 460 g/mol. The van der Waals surface area contributed by atoms with E-state index in [1.165, 1.54) is 16.2 Å². The maximum atomic E-state index is 12.8. The number of carbonyl (C=O) groups excluding carboxylic acids is 3. The summed E-state index contributed by atoms with van der Waals surface area (Å²) >= 11 is 1.33. The Morgan fingerprint density at radius 3 is 2.50 bits per heavy atom. The van der Waals surface area contributed by atoms with E-state index in [0.717, 1.165) is 18.4 Å². The summed E-state index contributed by atoms with van der Waals surface area (Å²) in [7, 11) is 0. The number of hydrogen-bond acceptors (Lipinski definition) is 7. The maximum Gasteiger partial charge on any atom is 0.409 e. The lowest BCUT2D eigenvalue weighted by atomic mass is 10.2. The van der Waals surface area contributed by atoms with Crippen molar-refractivity contribution in [1.82, 2.24) is 20.1 Å². The second kappa shape index (κ2) is 11.6. The van der Waals surface area contributed by atoms with Gasteiger partial charge in [0.1, 0.15) is 16.7 Å². The minimum absolute atomic E-state index is 0.194. The normalized spacial score (nSPS) is 14.7. The number of unbranched alkanes of at least 4 members (excludes halogenated alkanes) is 1. The molecule has 10 heteroatoms. The smallest absolute Gasteiger partial charge is 0.409 e. The van der Waals surface area contributed by atoms with Crippen LogP contribution in [0.3, 0.4) is 0 Å². The molecule has 3 rings (SSSR count). The molecule has 1 aliphatic rings. The van der Waals surface area contributed by atoms with Gasteiger partial charge in [0.15, 0.2) is 0 Å². The number of ether oxygens (including phenoxy) is 1. The van der Waals surface area contributed by atoms with Crippen LogP contribution in [0.4, 0.5) is 4.79 Å². The highest BCUT2D eigenvalue weighted by atomic mass is 32.1. The summed E-state index contributed by atoms with van der Waals surface area (Å²) in [5, 5.41) is 14.6. The van der Waals surface area contributed by atoms with Crippen LogP contribution in [0.5, 0.6) is 0 Å².